The zero-order valence-electron chi connectivity index (χ0n) is 18.0. The maximum absolute atomic E-state index is 12.8. The van der Waals surface area contributed by atoms with Gasteiger partial charge in [-0.3, -0.25) is 9.59 Å². The molecule has 0 aliphatic heterocycles. The van der Waals surface area contributed by atoms with Gasteiger partial charge in [-0.05, 0) is 37.5 Å². The third kappa shape index (κ3) is 6.44. The number of likely N-dealkylation sites (N-methyl/N-ethyl adjacent to an activating group) is 1. The number of anilines is 1. The summed E-state index contributed by atoms with van der Waals surface area (Å²) in [4.78, 5) is 39.5. The quantitative estimate of drug-likeness (QED) is 0.643. The Kier molecular flexibility index (Phi) is 8.59. The molecule has 6 nitrogen and oxygen atoms in total. The minimum Gasteiger partial charge on any atom is -0.451 e. The number of ether oxygens (including phenoxy) is 1. The van der Waals surface area contributed by atoms with Gasteiger partial charge in [0.15, 0.2) is 6.10 Å². The van der Waals surface area contributed by atoms with E-state index in [9.17, 15) is 14.4 Å². The first-order valence-corrected chi connectivity index (χ1v) is 10.2. The molecule has 0 saturated carbocycles. The Labute approximate surface area is 178 Å². The van der Waals surface area contributed by atoms with Crippen LogP contribution in [0.25, 0.3) is 0 Å². The fourth-order valence-corrected chi connectivity index (χ4v) is 3.09. The van der Waals surface area contributed by atoms with E-state index in [-0.39, 0.29) is 24.2 Å². The molecule has 30 heavy (non-hydrogen) atoms. The number of nitrogens with one attached hydrogen (secondary N) is 1. The molecule has 0 heterocycles. The second-order valence-corrected chi connectivity index (χ2v) is 7.45. The molecular formula is C24H30N2O4. The standard InChI is InChI=1S/C24H30N2O4/c1-5-26(20-14-10-7-11-15-20)23(28)18(4)30-24(29)22(17(2)3)25-21(27)16-19-12-8-6-9-13-19/h6-15,17-18,22H,5,16H2,1-4H3,(H,25,27)/t18-,22-/m0/s1. The summed E-state index contributed by atoms with van der Waals surface area (Å²) >= 11 is 0. The highest BCUT2D eigenvalue weighted by Gasteiger charge is 2.30. The third-order valence-electron chi connectivity index (χ3n) is 4.74. The number of hydrogen-bond donors (Lipinski definition) is 1. The molecule has 0 radical (unpaired) electrons. The Morgan fingerprint density at radius 1 is 0.933 bits per heavy atom. The predicted molar refractivity (Wildman–Crippen MR) is 117 cm³/mol. The number of hydrogen-bond acceptors (Lipinski definition) is 4. The molecule has 0 bridgehead atoms. The minimum absolute atomic E-state index is 0.170. The number of amides is 2. The number of benzene rings is 2. The minimum atomic E-state index is -0.968. The molecule has 0 spiro atoms. The highest BCUT2D eigenvalue weighted by molar-refractivity contribution is 5.97. The zero-order valence-corrected chi connectivity index (χ0v) is 18.0. The fourth-order valence-electron chi connectivity index (χ4n) is 3.09. The average molecular weight is 411 g/mol. The molecule has 0 saturated heterocycles. The van der Waals surface area contributed by atoms with Crippen molar-refractivity contribution in [2.75, 3.05) is 11.4 Å². The Morgan fingerprint density at radius 2 is 1.50 bits per heavy atom. The van der Waals surface area contributed by atoms with Crippen LogP contribution in [0.4, 0.5) is 5.69 Å². The van der Waals surface area contributed by atoms with Crippen LogP contribution in [-0.2, 0) is 25.5 Å². The molecule has 2 aromatic rings. The van der Waals surface area contributed by atoms with Crippen LogP contribution in [0.3, 0.4) is 0 Å². The van der Waals surface area contributed by atoms with Crippen LogP contribution in [-0.4, -0.2) is 36.5 Å². The molecule has 2 rings (SSSR count). The van der Waals surface area contributed by atoms with Crippen LogP contribution in [0.1, 0.15) is 33.3 Å². The lowest BCUT2D eigenvalue weighted by atomic mass is 10.0. The van der Waals surface area contributed by atoms with Gasteiger partial charge < -0.3 is 15.0 Å². The van der Waals surface area contributed by atoms with Gasteiger partial charge in [-0.2, -0.15) is 0 Å². The number of rotatable bonds is 9. The molecule has 0 aliphatic rings. The highest BCUT2D eigenvalue weighted by atomic mass is 16.5. The summed E-state index contributed by atoms with van der Waals surface area (Å²) < 4.78 is 5.45. The van der Waals surface area contributed by atoms with Crippen molar-refractivity contribution < 1.29 is 19.1 Å². The number of esters is 1. The molecule has 0 fully saturated rings. The summed E-state index contributed by atoms with van der Waals surface area (Å²) in [5.74, 6) is -1.38. The molecule has 160 valence electrons. The van der Waals surface area contributed by atoms with E-state index in [0.717, 1.165) is 11.3 Å². The smallest absolute Gasteiger partial charge is 0.329 e. The number of carbonyl (C=O) groups is 3. The maximum Gasteiger partial charge on any atom is 0.329 e. The van der Waals surface area contributed by atoms with Crippen molar-refractivity contribution in [1.29, 1.82) is 0 Å². The van der Waals surface area contributed by atoms with E-state index in [0.29, 0.717) is 6.54 Å². The van der Waals surface area contributed by atoms with Gasteiger partial charge in [-0.1, -0.05) is 62.4 Å². The van der Waals surface area contributed by atoms with Crippen molar-refractivity contribution in [2.45, 2.75) is 46.3 Å². The summed E-state index contributed by atoms with van der Waals surface area (Å²) in [6.45, 7) is 7.51. The molecule has 0 aliphatic carbocycles. The van der Waals surface area contributed by atoms with Crippen molar-refractivity contribution >= 4 is 23.5 Å². The van der Waals surface area contributed by atoms with E-state index in [4.69, 9.17) is 4.74 Å². The molecule has 1 N–H and O–H groups in total. The van der Waals surface area contributed by atoms with Gasteiger partial charge in [0.2, 0.25) is 5.91 Å². The van der Waals surface area contributed by atoms with Gasteiger partial charge in [0.25, 0.3) is 5.91 Å². The lowest BCUT2D eigenvalue weighted by molar-refractivity contribution is -0.157. The second kappa shape index (κ2) is 11.1. The first-order chi connectivity index (χ1) is 14.3. The highest BCUT2D eigenvalue weighted by Crippen LogP contribution is 2.16. The van der Waals surface area contributed by atoms with E-state index in [1.54, 1.807) is 11.8 Å². The lowest BCUT2D eigenvalue weighted by Gasteiger charge is -2.27. The Bertz CT molecular complexity index is 837. The third-order valence-corrected chi connectivity index (χ3v) is 4.74. The van der Waals surface area contributed by atoms with Crippen molar-refractivity contribution in [2.24, 2.45) is 5.92 Å². The first kappa shape index (κ1) is 23.1. The van der Waals surface area contributed by atoms with E-state index in [1.165, 1.54) is 0 Å². The van der Waals surface area contributed by atoms with Crippen LogP contribution in [0.2, 0.25) is 0 Å². The van der Waals surface area contributed by atoms with E-state index in [1.807, 2.05) is 81.4 Å². The van der Waals surface area contributed by atoms with E-state index >= 15 is 0 Å². The summed E-state index contributed by atoms with van der Waals surface area (Å²) in [7, 11) is 0. The zero-order chi connectivity index (χ0) is 22.1. The van der Waals surface area contributed by atoms with Crippen LogP contribution in [0.15, 0.2) is 60.7 Å². The molecule has 2 atom stereocenters. The van der Waals surface area contributed by atoms with Crippen molar-refractivity contribution in [3.8, 4) is 0 Å². The van der Waals surface area contributed by atoms with Gasteiger partial charge in [0, 0.05) is 12.2 Å². The maximum atomic E-state index is 12.8. The number of nitrogens with zero attached hydrogens (tertiary/aromatic N) is 1. The first-order valence-electron chi connectivity index (χ1n) is 10.2. The molecule has 2 amide bonds. The van der Waals surface area contributed by atoms with Gasteiger partial charge in [-0.15, -0.1) is 0 Å². The van der Waals surface area contributed by atoms with Crippen molar-refractivity contribution in [1.82, 2.24) is 5.32 Å². The average Bonchev–Trinajstić information content (AvgIpc) is 2.73. The van der Waals surface area contributed by atoms with Gasteiger partial charge in [-0.25, -0.2) is 4.79 Å². The number of carbonyl (C=O) groups excluding carboxylic acids is 3. The summed E-state index contributed by atoms with van der Waals surface area (Å²) in [5.41, 5.74) is 1.60. The van der Waals surface area contributed by atoms with E-state index < -0.39 is 18.1 Å². The van der Waals surface area contributed by atoms with Crippen LogP contribution < -0.4 is 10.2 Å². The monoisotopic (exact) mass is 410 g/mol. The van der Waals surface area contributed by atoms with Gasteiger partial charge in [0.05, 0.1) is 6.42 Å². The second-order valence-electron chi connectivity index (χ2n) is 7.45. The summed E-state index contributed by atoms with van der Waals surface area (Å²) in [5, 5.41) is 2.75. The largest absolute Gasteiger partial charge is 0.451 e. The molecule has 6 heteroatoms. The molecule has 0 unspecified atom stereocenters. The molecule has 2 aromatic carbocycles. The predicted octanol–water partition coefficient (Wildman–Crippen LogP) is 3.35. The normalized spacial score (nSPS) is 12.7. The summed E-state index contributed by atoms with van der Waals surface area (Å²) in [6.07, 6.45) is -0.798. The number of para-hydroxylation sites is 1. The Morgan fingerprint density at radius 3 is 2.03 bits per heavy atom. The SMILES string of the molecule is CCN(C(=O)[C@H](C)OC(=O)[C@@H](NC(=O)Cc1ccccc1)C(C)C)c1ccccc1. The van der Waals surface area contributed by atoms with Crippen LogP contribution in [0, 0.1) is 5.92 Å². The van der Waals surface area contributed by atoms with Crippen molar-refractivity contribution in [3.63, 3.8) is 0 Å². The lowest BCUT2D eigenvalue weighted by Crippen LogP contribution is -2.48. The van der Waals surface area contributed by atoms with Crippen LogP contribution >= 0.6 is 0 Å². The fraction of sp³-hybridized carbons (Fsp3) is 0.375. The van der Waals surface area contributed by atoms with Gasteiger partial charge >= 0.3 is 5.97 Å². The van der Waals surface area contributed by atoms with E-state index in [2.05, 4.69) is 5.32 Å². The Hall–Kier alpha value is -3.15. The summed E-state index contributed by atoms with van der Waals surface area (Å²) in [6, 6.07) is 17.7. The van der Waals surface area contributed by atoms with Crippen LogP contribution in [0.5, 0.6) is 0 Å². The molecular weight excluding hydrogens is 380 g/mol. The molecule has 0 aromatic heterocycles. The Balaban J connectivity index is 2.01. The van der Waals surface area contributed by atoms with Crippen molar-refractivity contribution in [3.05, 3.63) is 66.2 Å². The van der Waals surface area contributed by atoms with Gasteiger partial charge in [0.1, 0.15) is 6.04 Å². The topological polar surface area (TPSA) is 75.7 Å².